The van der Waals surface area contributed by atoms with Crippen LogP contribution in [-0.2, 0) is 20.3 Å². The molecule has 0 aromatic heterocycles. The molecule has 9 heterocycles. The minimum absolute atomic E-state index is 0. The third kappa shape index (κ3) is 3.39. The van der Waals surface area contributed by atoms with Crippen molar-refractivity contribution >= 4 is 11.4 Å². The molecular weight excluding hydrogens is 776 g/mol. The summed E-state index contributed by atoms with van der Waals surface area (Å²) in [4.78, 5) is 5.95. The number of ether oxygens (including phenoxy) is 2. The van der Waals surface area contributed by atoms with Gasteiger partial charge in [0, 0.05) is 60.7 Å². The zero-order valence-corrected chi connectivity index (χ0v) is 33.1. The summed E-state index contributed by atoms with van der Waals surface area (Å²) in [6.07, 6.45) is 14.7. The van der Waals surface area contributed by atoms with Crippen LogP contribution >= 0.6 is 0 Å². The first-order valence-corrected chi connectivity index (χ1v) is 19.9. The lowest BCUT2D eigenvalue weighted by Crippen LogP contribution is -3.00. The topological polar surface area (TPSA) is 24.9 Å². The predicted molar refractivity (Wildman–Crippen MR) is 195 cm³/mol. The van der Waals surface area contributed by atoms with Gasteiger partial charge in [-0.1, -0.05) is 61.7 Å². The summed E-state index contributed by atoms with van der Waals surface area (Å²) in [5.74, 6) is 1.79. The van der Waals surface area contributed by atoms with Crippen molar-refractivity contribution in [2.24, 2.45) is 23.7 Å². The van der Waals surface area contributed by atoms with E-state index in [-0.39, 0.29) is 57.2 Å². The van der Waals surface area contributed by atoms with Crippen molar-refractivity contribution in [3.8, 4) is 0 Å². The number of nitrogens with zero attached hydrogens (tertiary/aromatic N) is 4. The number of para-hydroxylation sites is 2. The number of benzene rings is 2. The molecule has 2 spiro atoms. The minimum atomic E-state index is 0. The molecule has 13 rings (SSSR count). The summed E-state index contributed by atoms with van der Waals surface area (Å²) >= 11 is 0. The van der Waals surface area contributed by atoms with Crippen molar-refractivity contribution in [3.05, 3.63) is 108 Å². The van der Waals surface area contributed by atoms with Crippen LogP contribution in [0.3, 0.4) is 0 Å². The first kappa shape index (κ1) is 33.2. The Balaban J connectivity index is 0.00000160. The fourth-order valence-corrected chi connectivity index (χ4v) is 16.4. The highest BCUT2D eigenvalue weighted by atomic mass is 79.9. The van der Waals surface area contributed by atoms with Gasteiger partial charge >= 0.3 is 0 Å². The molecule has 0 N–H and O–H groups in total. The molecule has 0 radical (unpaired) electrons. The Morgan fingerprint density at radius 1 is 0.673 bits per heavy atom. The van der Waals surface area contributed by atoms with Gasteiger partial charge in [0.2, 0.25) is 0 Å². The summed E-state index contributed by atoms with van der Waals surface area (Å²) < 4.78 is 17.4. The van der Waals surface area contributed by atoms with Gasteiger partial charge in [-0.15, -0.1) is 0 Å². The second-order valence-corrected chi connectivity index (χ2v) is 18.3. The van der Waals surface area contributed by atoms with E-state index >= 15 is 0 Å². The second kappa shape index (κ2) is 10.8. The van der Waals surface area contributed by atoms with E-state index in [4.69, 9.17) is 9.47 Å². The molecular formula is C44H50Br2N4O2. The van der Waals surface area contributed by atoms with E-state index in [1.54, 1.807) is 22.3 Å². The third-order valence-corrected chi connectivity index (χ3v) is 17.5. The quantitative estimate of drug-likeness (QED) is 0.312. The van der Waals surface area contributed by atoms with Gasteiger partial charge in [0.05, 0.1) is 62.3 Å². The number of hydrogen-bond donors (Lipinski definition) is 0. The van der Waals surface area contributed by atoms with Gasteiger partial charge in [-0.25, -0.2) is 0 Å². The van der Waals surface area contributed by atoms with E-state index in [1.807, 2.05) is 0 Å². The van der Waals surface area contributed by atoms with Crippen LogP contribution in [0.4, 0.5) is 11.4 Å². The number of hydrogen-bond acceptors (Lipinski definition) is 4. The average molecular weight is 827 g/mol. The molecule has 2 saturated carbocycles. The lowest BCUT2D eigenvalue weighted by Gasteiger charge is -2.65. The number of piperidine rings is 2. The molecule has 0 amide bonds. The summed E-state index contributed by atoms with van der Waals surface area (Å²) in [6, 6.07) is 21.3. The van der Waals surface area contributed by atoms with Crippen LogP contribution in [0.1, 0.15) is 36.8 Å². The molecule has 14 atom stereocenters. The smallest absolute Gasteiger partial charge is 0.136 e. The Hall–Kier alpha value is -2.20. The molecule has 5 saturated heterocycles. The van der Waals surface area contributed by atoms with Crippen molar-refractivity contribution < 1.29 is 52.4 Å². The first-order chi connectivity index (χ1) is 24.6. The van der Waals surface area contributed by atoms with Gasteiger partial charge in [0.15, 0.2) is 0 Å². The first-order valence-electron chi connectivity index (χ1n) is 19.9. The normalized spacial score (nSPS) is 47.9. The summed E-state index contributed by atoms with van der Waals surface area (Å²) in [6.45, 7) is 17.1. The monoisotopic (exact) mass is 824 g/mol. The zero-order chi connectivity index (χ0) is 32.8. The minimum Gasteiger partial charge on any atom is -1.00 e. The van der Waals surface area contributed by atoms with E-state index in [2.05, 4.69) is 95.8 Å². The molecule has 8 heteroatoms. The maximum absolute atomic E-state index is 7.51. The molecule has 6 nitrogen and oxygen atoms in total. The lowest BCUT2D eigenvalue weighted by molar-refractivity contribution is -0.938. The van der Waals surface area contributed by atoms with Crippen molar-refractivity contribution in [2.75, 3.05) is 62.3 Å². The van der Waals surface area contributed by atoms with Crippen molar-refractivity contribution in [1.82, 2.24) is 0 Å². The Kier molecular flexibility index (Phi) is 6.86. The molecule has 2 aliphatic carbocycles. The van der Waals surface area contributed by atoms with Crippen LogP contribution in [0.15, 0.2) is 97.1 Å². The van der Waals surface area contributed by atoms with E-state index in [9.17, 15) is 0 Å². The largest absolute Gasteiger partial charge is 1.00 e. The Bertz CT molecular complexity index is 1840. The zero-order valence-electron chi connectivity index (χ0n) is 30.0. The number of anilines is 2. The van der Waals surface area contributed by atoms with Gasteiger partial charge in [0.25, 0.3) is 0 Å². The van der Waals surface area contributed by atoms with E-state index in [0.29, 0.717) is 47.8 Å². The van der Waals surface area contributed by atoms with Crippen LogP contribution in [0.25, 0.3) is 0 Å². The number of fused-ring (bicyclic) bond motifs is 6. The predicted octanol–water partition coefficient (Wildman–Crippen LogP) is -0.324. The second-order valence-electron chi connectivity index (χ2n) is 18.3. The van der Waals surface area contributed by atoms with Crippen molar-refractivity contribution in [1.29, 1.82) is 0 Å². The van der Waals surface area contributed by atoms with E-state index in [1.165, 1.54) is 59.1 Å². The van der Waals surface area contributed by atoms with E-state index < -0.39 is 0 Å². The van der Waals surface area contributed by atoms with Crippen LogP contribution in [-0.4, -0.2) is 98.1 Å². The molecule has 52 heavy (non-hydrogen) atoms. The molecule has 4 bridgehead atoms. The molecule has 272 valence electrons. The van der Waals surface area contributed by atoms with Crippen LogP contribution in [0, 0.1) is 23.7 Å². The van der Waals surface area contributed by atoms with Gasteiger partial charge < -0.3 is 62.2 Å². The van der Waals surface area contributed by atoms with Gasteiger partial charge in [-0.3, -0.25) is 0 Å². The van der Waals surface area contributed by atoms with Gasteiger partial charge in [-0.05, 0) is 46.6 Å². The number of rotatable bonds is 4. The summed E-state index contributed by atoms with van der Waals surface area (Å²) in [5.41, 5.74) is 9.71. The Morgan fingerprint density at radius 3 is 1.56 bits per heavy atom. The number of halogens is 2. The fourth-order valence-electron chi connectivity index (χ4n) is 16.4. The lowest BCUT2D eigenvalue weighted by atomic mass is 9.52. The Morgan fingerprint density at radius 2 is 1.12 bits per heavy atom. The van der Waals surface area contributed by atoms with Crippen LogP contribution in [0.5, 0.6) is 0 Å². The highest BCUT2D eigenvalue weighted by Crippen LogP contribution is 2.72. The highest BCUT2D eigenvalue weighted by molar-refractivity contribution is 5.72. The van der Waals surface area contributed by atoms with Gasteiger partial charge in [-0.2, -0.15) is 0 Å². The molecule has 11 aliphatic rings. The third-order valence-electron chi connectivity index (χ3n) is 17.5. The SMILES string of the molecule is C=CC[N+]12CCC34c5ccccc5N5[C@@H]6OCC=C7C[N+]8(CC=C)CCC9%10c%11ccccc%11N([C@@H]%11OCC=C(C1)[C@H](C[C@@H]32)[C@@H]%11[C@H]54)[C@H]9[C@H]6[C@H]7C[C@@H]%108.[Br-].[Br-]. The maximum Gasteiger partial charge on any atom is 0.136 e. The Labute approximate surface area is 329 Å². The molecule has 2 aromatic rings. The van der Waals surface area contributed by atoms with Crippen LogP contribution < -0.4 is 43.8 Å². The maximum atomic E-state index is 7.51. The molecule has 2 aromatic carbocycles. The van der Waals surface area contributed by atoms with Gasteiger partial charge in [0.1, 0.15) is 37.6 Å². The summed E-state index contributed by atoms with van der Waals surface area (Å²) in [7, 11) is 0. The standard InChI is InChI=1S/C44H50N4O2.2BrH/c1-3-17-47-19-15-43-31-9-5-7-11-33(31)45-39(43)37-29(23-35(43)47)27(25-47)13-21-49-41(37)46-34-12-8-6-10-32(34)44-16-20-48(18-4-2)26-28-14-22-50-42(45)38(40(44)46)30(28)24-36(44)48;;/h3-14,29-30,35-42H,1-2,15-26H2;2*1H/q+2;;/p-2/t29-,30-,35-,36-,37+,38+,39-,40-,41+,42+,43?,44?,47?,48?;;/m0../s1. The molecule has 7 fully saturated rings. The average Bonchev–Trinajstić information content (AvgIpc) is 3.75. The highest BCUT2D eigenvalue weighted by Gasteiger charge is 2.80. The van der Waals surface area contributed by atoms with Crippen LogP contribution in [0.2, 0.25) is 0 Å². The molecule has 4 unspecified atom stereocenters. The van der Waals surface area contributed by atoms with Crippen molar-refractivity contribution in [3.63, 3.8) is 0 Å². The fraction of sp³-hybridized carbons (Fsp3) is 0.545. The number of quaternary nitrogens is 2. The molecule has 9 aliphatic heterocycles. The summed E-state index contributed by atoms with van der Waals surface area (Å²) in [5, 5.41) is 0. The van der Waals surface area contributed by atoms with Crippen molar-refractivity contribution in [2.45, 2.75) is 73.1 Å². The van der Waals surface area contributed by atoms with E-state index in [0.717, 1.165) is 39.4 Å².